The van der Waals surface area contributed by atoms with E-state index in [1.165, 1.54) is 10.9 Å². The third kappa shape index (κ3) is 5.61. The van der Waals surface area contributed by atoms with Crippen molar-refractivity contribution in [2.45, 2.75) is 12.5 Å². The highest BCUT2D eigenvalue weighted by atomic mass is 16.7. The minimum absolute atomic E-state index is 0.0992. The predicted molar refractivity (Wildman–Crippen MR) is 165 cm³/mol. The molecule has 0 aliphatic carbocycles. The highest BCUT2D eigenvalue weighted by molar-refractivity contribution is 5.96. The summed E-state index contributed by atoms with van der Waals surface area (Å²) in [5.41, 5.74) is 5.65. The van der Waals surface area contributed by atoms with Crippen molar-refractivity contribution in [1.82, 2.24) is 25.4 Å². The maximum atomic E-state index is 13.8. The number of aromatic nitrogens is 1. The van der Waals surface area contributed by atoms with Crippen LogP contribution >= 0.6 is 0 Å². The Kier molecular flexibility index (Phi) is 7.57. The SMILES string of the molecule is O=C(NCCN1CCNCC1)c1cccc(/C=C/C(=O)N2CCc3c([nH]c4ccccc34)C2c2ccc3c(c2)OCO3)c1. The number of benzene rings is 3. The van der Waals surface area contributed by atoms with Crippen LogP contribution in [-0.4, -0.2) is 79.2 Å². The van der Waals surface area contributed by atoms with Gasteiger partial charge in [-0.05, 0) is 59.5 Å². The van der Waals surface area contributed by atoms with E-state index >= 15 is 0 Å². The molecule has 1 aromatic heterocycles. The number of aromatic amines is 1. The first kappa shape index (κ1) is 27.2. The van der Waals surface area contributed by atoms with Gasteiger partial charge in [0.2, 0.25) is 12.7 Å². The average molecular weight is 578 g/mol. The highest BCUT2D eigenvalue weighted by Crippen LogP contribution is 2.42. The third-order valence-electron chi connectivity index (χ3n) is 8.52. The molecule has 2 amide bonds. The van der Waals surface area contributed by atoms with Crippen LogP contribution in [0, 0.1) is 0 Å². The number of hydrogen-bond donors (Lipinski definition) is 3. The molecule has 0 spiro atoms. The molecule has 1 saturated heterocycles. The number of fused-ring (bicyclic) bond motifs is 4. The van der Waals surface area contributed by atoms with Crippen molar-refractivity contribution in [2.24, 2.45) is 0 Å². The van der Waals surface area contributed by atoms with Gasteiger partial charge in [0.05, 0.1) is 6.04 Å². The van der Waals surface area contributed by atoms with Crippen molar-refractivity contribution in [3.8, 4) is 11.5 Å². The van der Waals surface area contributed by atoms with Crippen molar-refractivity contribution in [1.29, 1.82) is 0 Å². The molecule has 220 valence electrons. The molecule has 3 aliphatic rings. The molecular weight excluding hydrogens is 542 g/mol. The van der Waals surface area contributed by atoms with Crippen LogP contribution in [0.5, 0.6) is 11.5 Å². The summed E-state index contributed by atoms with van der Waals surface area (Å²) in [5, 5.41) is 7.56. The summed E-state index contributed by atoms with van der Waals surface area (Å²) in [7, 11) is 0. The minimum Gasteiger partial charge on any atom is -0.454 e. The number of carbonyl (C=O) groups excluding carboxylic acids is 2. The first-order valence-corrected chi connectivity index (χ1v) is 14.9. The molecule has 4 aromatic rings. The molecule has 9 nitrogen and oxygen atoms in total. The second-order valence-electron chi connectivity index (χ2n) is 11.2. The van der Waals surface area contributed by atoms with Gasteiger partial charge in [-0.25, -0.2) is 0 Å². The van der Waals surface area contributed by atoms with E-state index in [0.717, 1.165) is 61.5 Å². The van der Waals surface area contributed by atoms with E-state index in [1.807, 2.05) is 53.4 Å². The molecule has 0 bridgehead atoms. The summed E-state index contributed by atoms with van der Waals surface area (Å²) in [5.74, 6) is 1.19. The molecule has 1 fully saturated rings. The van der Waals surface area contributed by atoms with Crippen molar-refractivity contribution in [3.63, 3.8) is 0 Å². The van der Waals surface area contributed by atoms with Crippen LogP contribution in [0.15, 0.2) is 72.8 Å². The van der Waals surface area contributed by atoms with Gasteiger partial charge in [-0.1, -0.05) is 36.4 Å². The van der Waals surface area contributed by atoms with Crippen LogP contribution in [0.25, 0.3) is 17.0 Å². The standard InChI is InChI=1S/C34H35N5O4/c40-31(11-8-23-4-3-5-25(20-23)34(41)36-15-19-38-17-13-35-14-18-38)39-16-12-27-26-6-1-2-7-28(26)37-32(27)33(39)24-9-10-29-30(21-24)43-22-42-29/h1-11,20-21,33,35,37H,12-19,22H2,(H,36,41)/b11-8+. The Bertz CT molecular complexity index is 1690. The van der Waals surface area contributed by atoms with Crippen molar-refractivity contribution < 1.29 is 19.1 Å². The Hall–Kier alpha value is -4.60. The highest BCUT2D eigenvalue weighted by Gasteiger charge is 2.34. The lowest BCUT2D eigenvalue weighted by molar-refractivity contribution is -0.128. The lowest BCUT2D eigenvalue weighted by Gasteiger charge is -2.35. The van der Waals surface area contributed by atoms with Gasteiger partial charge < -0.3 is 30.0 Å². The van der Waals surface area contributed by atoms with E-state index in [0.29, 0.717) is 30.2 Å². The fourth-order valence-electron chi connectivity index (χ4n) is 6.32. The second kappa shape index (κ2) is 11.9. The van der Waals surface area contributed by atoms with Crippen LogP contribution in [0.1, 0.15) is 38.8 Å². The molecule has 7 rings (SSSR count). The number of hydrogen-bond acceptors (Lipinski definition) is 6. The number of carbonyl (C=O) groups is 2. The molecule has 4 heterocycles. The molecule has 0 radical (unpaired) electrons. The van der Waals surface area contributed by atoms with E-state index in [2.05, 4.69) is 32.7 Å². The van der Waals surface area contributed by atoms with Crippen LogP contribution in [0.3, 0.4) is 0 Å². The van der Waals surface area contributed by atoms with Crippen LogP contribution in [0.4, 0.5) is 0 Å². The molecule has 1 atom stereocenters. The van der Waals surface area contributed by atoms with E-state index in [9.17, 15) is 9.59 Å². The summed E-state index contributed by atoms with van der Waals surface area (Å²) in [6.45, 7) is 6.17. The van der Waals surface area contributed by atoms with Crippen molar-refractivity contribution >= 4 is 28.8 Å². The Morgan fingerprint density at radius 1 is 0.953 bits per heavy atom. The Balaban J connectivity index is 1.10. The number of piperazine rings is 1. The van der Waals surface area contributed by atoms with Gasteiger partial charge in [-0.15, -0.1) is 0 Å². The van der Waals surface area contributed by atoms with Crippen LogP contribution in [0.2, 0.25) is 0 Å². The van der Waals surface area contributed by atoms with Gasteiger partial charge in [0, 0.05) is 74.0 Å². The number of ether oxygens (including phenoxy) is 2. The second-order valence-corrected chi connectivity index (χ2v) is 11.2. The van der Waals surface area contributed by atoms with E-state index in [1.54, 1.807) is 18.2 Å². The Morgan fingerprint density at radius 3 is 2.72 bits per heavy atom. The molecule has 9 heteroatoms. The molecule has 0 saturated carbocycles. The maximum Gasteiger partial charge on any atom is 0.251 e. The Labute approximate surface area is 250 Å². The zero-order valence-corrected chi connectivity index (χ0v) is 24.0. The van der Waals surface area contributed by atoms with Gasteiger partial charge in [0.15, 0.2) is 11.5 Å². The van der Waals surface area contributed by atoms with Gasteiger partial charge in [-0.3, -0.25) is 14.5 Å². The smallest absolute Gasteiger partial charge is 0.251 e. The molecule has 43 heavy (non-hydrogen) atoms. The van der Waals surface area contributed by atoms with Crippen molar-refractivity contribution in [3.05, 3.63) is 101 Å². The molecule has 3 aromatic carbocycles. The largest absolute Gasteiger partial charge is 0.454 e. The number of para-hydroxylation sites is 1. The Morgan fingerprint density at radius 2 is 1.81 bits per heavy atom. The summed E-state index contributed by atoms with van der Waals surface area (Å²) in [4.78, 5) is 34.5. The average Bonchev–Trinajstić information content (AvgIpc) is 3.68. The van der Waals surface area contributed by atoms with Gasteiger partial charge >= 0.3 is 0 Å². The number of H-pyrrole nitrogens is 1. The number of nitrogens with one attached hydrogen (secondary N) is 3. The van der Waals surface area contributed by atoms with E-state index < -0.39 is 0 Å². The quantitative estimate of drug-likeness (QED) is 0.290. The zero-order valence-electron chi connectivity index (χ0n) is 24.0. The fraction of sp³-hybridized carbons (Fsp3) is 0.294. The monoisotopic (exact) mass is 577 g/mol. The summed E-state index contributed by atoms with van der Waals surface area (Å²) in [6, 6.07) is 21.2. The lowest BCUT2D eigenvalue weighted by atomic mass is 9.92. The molecular formula is C34H35N5O4. The first-order valence-electron chi connectivity index (χ1n) is 14.9. The lowest BCUT2D eigenvalue weighted by Crippen LogP contribution is -2.46. The van der Waals surface area contributed by atoms with Crippen LogP contribution < -0.4 is 20.1 Å². The number of nitrogens with zero attached hydrogens (tertiary/aromatic N) is 2. The topological polar surface area (TPSA) is 98.9 Å². The molecule has 1 unspecified atom stereocenters. The molecule has 3 aliphatic heterocycles. The minimum atomic E-state index is -0.310. The summed E-state index contributed by atoms with van der Waals surface area (Å²) in [6.07, 6.45) is 4.15. The predicted octanol–water partition coefficient (Wildman–Crippen LogP) is 3.72. The zero-order chi connectivity index (χ0) is 29.2. The van der Waals surface area contributed by atoms with Crippen LogP contribution in [-0.2, 0) is 11.2 Å². The third-order valence-corrected chi connectivity index (χ3v) is 8.52. The summed E-state index contributed by atoms with van der Waals surface area (Å²) >= 11 is 0. The molecule has 3 N–H and O–H groups in total. The number of rotatable bonds is 7. The van der Waals surface area contributed by atoms with Gasteiger partial charge in [0.25, 0.3) is 5.91 Å². The maximum absolute atomic E-state index is 13.8. The normalized spacial score (nSPS) is 18.2. The number of amides is 2. The van der Waals surface area contributed by atoms with Crippen molar-refractivity contribution in [2.75, 3.05) is 52.6 Å². The van der Waals surface area contributed by atoms with E-state index in [-0.39, 0.29) is 24.6 Å². The first-order chi connectivity index (χ1) is 21.1. The summed E-state index contributed by atoms with van der Waals surface area (Å²) < 4.78 is 11.2. The van der Waals surface area contributed by atoms with Gasteiger partial charge in [-0.2, -0.15) is 0 Å². The van der Waals surface area contributed by atoms with Gasteiger partial charge in [0.1, 0.15) is 0 Å². The fourth-order valence-corrected chi connectivity index (χ4v) is 6.32. The van der Waals surface area contributed by atoms with E-state index in [4.69, 9.17) is 9.47 Å².